The minimum Gasteiger partial charge on any atom is -0.382 e. The maximum absolute atomic E-state index is 5.62. The summed E-state index contributed by atoms with van der Waals surface area (Å²) in [5.74, 6) is 0. The molecule has 6 heteroatoms. The number of nitrogens with one attached hydrogen (secondary N) is 1. The van der Waals surface area contributed by atoms with Crippen LogP contribution in [0.4, 0.5) is 0 Å². The first-order valence-corrected chi connectivity index (χ1v) is 8.05. The Morgan fingerprint density at radius 2 is 1.90 bits per heavy atom. The van der Waals surface area contributed by atoms with Crippen LogP contribution in [0.1, 0.15) is 13.3 Å². The highest BCUT2D eigenvalue weighted by atomic mass is 16.5. The Morgan fingerprint density at radius 3 is 2.67 bits per heavy atom. The molecule has 21 heavy (non-hydrogen) atoms. The molecule has 0 spiro atoms. The summed E-state index contributed by atoms with van der Waals surface area (Å²) in [5, 5.41) is 3.47. The molecule has 1 fully saturated rings. The molecule has 0 radical (unpaired) electrons. The molecule has 126 valence electrons. The van der Waals surface area contributed by atoms with Gasteiger partial charge in [-0.1, -0.05) is 6.92 Å². The Kier molecular flexibility index (Phi) is 12.0. The molecular formula is C15H32N2O4. The van der Waals surface area contributed by atoms with Crippen LogP contribution in [0.15, 0.2) is 0 Å². The Hall–Kier alpha value is -0.240. The minimum atomic E-state index is 0.465. The maximum Gasteiger partial charge on any atom is 0.0701 e. The molecule has 1 saturated heterocycles. The predicted octanol–water partition coefficient (Wildman–Crippen LogP) is 0.366. The van der Waals surface area contributed by atoms with Crippen LogP contribution in [-0.4, -0.2) is 90.5 Å². The molecule has 0 aromatic carbocycles. The highest BCUT2D eigenvalue weighted by Crippen LogP contribution is 2.05. The monoisotopic (exact) mass is 304 g/mol. The number of hydrogen-bond acceptors (Lipinski definition) is 6. The van der Waals surface area contributed by atoms with Gasteiger partial charge in [0.15, 0.2) is 0 Å². The van der Waals surface area contributed by atoms with Gasteiger partial charge in [-0.15, -0.1) is 0 Å². The summed E-state index contributed by atoms with van der Waals surface area (Å²) in [6, 6.07) is 0.465. The fourth-order valence-electron chi connectivity index (χ4n) is 2.26. The van der Waals surface area contributed by atoms with E-state index in [9.17, 15) is 0 Å². The number of methoxy groups -OCH3 is 1. The van der Waals surface area contributed by atoms with Crippen LogP contribution in [0.3, 0.4) is 0 Å². The molecule has 1 N–H and O–H groups in total. The Balaban J connectivity index is 2.02. The van der Waals surface area contributed by atoms with Crippen LogP contribution in [-0.2, 0) is 18.9 Å². The van der Waals surface area contributed by atoms with Crippen molar-refractivity contribution in [2.45, 2.75) is 19.4 Å². The molecule has 0 bridgehead atoms. The van der Waals surface area contributed by atoms with Gasteiger partial charge in [-0.2, -0.15) is 0 Å². The maximum atomic E-state index is 5.62. The van der Waals surface area contributed by atoms with Gasteiger partial charge in [0.1, 0.15) is 0 Å². The molecule has 0 aromatic rings. The van der Waals surface area contributed by atoms with Crippen molar-refractivity contribution in [3.05, 3.63) is 0 Å². The lowest BCUT2D eigenvalue weighted by Gasteiger charge is -2.35. The molecule has 0 saturated carbocycles. The lowest BCUT2D eigenvalue weighted by atomic mass is 10.2. The first-order valence-electron chi connectivity index (χ1n) is 8.05. The average molecular weight is 304 g/mol. The smallest absolute Gasteiger partial charge is 0.0701 e. The van der Waals surface area contributed by atoms with E-state index in [1.807, 2.05) is 0 Å². The average Bonchev–Trinajstić information content (AvgIpc) is 2.51. The van der Waals surface area contributed by atoms with Gasteiger partial charge in [-0.3, -0.25) is 4.90 Å². The fraction of sp³-hybridized carbons (Fsp3) is 1.00. The van der Waals surface area contributed by atoms with Crippen molar-refractivity contribution >= 4 is 0 Å². The lowest BCUT2D eigenvalue weighted by molar-refractivity contribution is -0.0261. The van der Waals surface area contributed by atoms with Crippen molar-refractivity contribution < 1.29 is 18.9 Å². The quantitative estimate of drug-likeness (QED) is 0.496. The normalized spacial score (nSPS) is 20.0. The minimum absolute atomic E-state index is 0.465. The number of ether oxygens (including phenoxy) is 4. The van der Waals surface area contributed by atoms with E-state index in [-0.39, 0.29) is 0 Å². The van der Waals surface area contributed by atoms with Gasteiger partial charge in [-0.05, 0) is 13.0 Å². The molecule has 1 unspecified atom stereocenters. The van der Waals surface area contributed by atoms with E-state index in [1.54, 1.807) is 7.11 Å². The third-order valence-corrected chi connectivity index (χ3v) is 3.48. The van der Waals surface area contributed by atoms with Crippen LogP contribution >= 0.6 is 0 Å². The molecular weight excluding hydrogens is 272 g/mol. The van der Waals surface area contributed by atoms with Crippen molar-refractivity contribution in [1.29, 1.82) is 0 Å². The van der Waals surface area contributed by atoms with Crippen LogP contribution in [0.5, 0.6) is 0 Å². The van der Waals surface area contributed by atoms with Gasteiger partial charge in [-0.25, -0.2) is 0 Å². The van der Waals surface area contributed by atoms with Crippen molar-refractivity contribution in [2.24, 2.45) is 0 Å². The van der Waals surface area contributed by atoms with E-state index >= 15 is 0 Å². The Bertz CT molecular complexity index is 232. The zero-order valence-corrected chi connectivity index (χ0v) is 13.6. The first-order chi connectivity index (χ1) is 10.4. The van der Waals surface area contributed by atoms with Crippen LogP contribution < -0.4 is 5.32 Å². The zero-order valence-electron chi connectivity index (χ0n) is 13.6. The number of rotatable bonds is 13. The molecule has 0 aromatic heterocycles. The second-order valence-corrected chi connectivity index (χ2v) is 5.19. The van der Waals surface area contributed by atoms with E-state index in [2.05, 4.69) is 17.1 Å². The van der Waals surface area contributed by atoms with E-state index in [4.69, 9.17) is 18.9 Å². The van der Waals surface area contributed by atoms with Gasteiger partial charge in [0.2, 0.25) is 0 Å². The molecule has 1 aliphatic heterocycles. The molecule has 1 atom stereocenters. The van der Waals surface area contributed by atoms with Gasteiger partial charge in [0.25, 0.3) is 0 Å². The topological polar surface area (TPSA) is 52.2 Å². The number of morpholine rings is 1. The fourth-order valence-corrected chi connectivity index (χ4v) is 2.26. The van der Waals surface area contributed by atoms with Gasteiger partial charge in [0, 0.05) is 32.8 Å². The first kappa shape index (κ1) is 18.8. The third-order valence-electron chi connectivity index (χ3n) is 3.48. The summed E-state index contributed by atoms with van der Waals surface area (Å²) in [5.41, 5.74) is 0. The molecule has 6 nitrogen and oxygen atoms in total. The van der Waals surface area contributed by atoms with Gasteiger partial charge >= 0.3 is 0 Å². The summed E-state index contributed by atoms with van der Waals surface area (Å²) < 4.78 is 21.5. The Labute approximate surface area is 129 Å². The van der Waals surface area contributed by atoms with Crippen molar-refractivity contribution in [3.8, 4) is 0 Å². The molecule has 1 aliphatic rings. The van der Waals surface area contributed by atoms with E-state index < -0.39 is 0 Å². The standard InChI is InChI=1S/C15H32N2O4/c1-3-4-16-13-15-14-21-8-6-17(15)5-7-19-11-12-20-10-9-18-2/h15-16H,3-14H2,1-2H3. The lowest BCUT2D eigenvalue weighted by Crippen LogP contribution is -2.51. The summed E-state index contributed by atoms with van der Waals surface area (Å²) >= 11 is 0. The third kappa shape index (κ3) is 9.39. The van der Waals surface area contributed by atoms with Crippen molar-refractivity contribution in [3.63, 3.8) is 0 Å². The molecule has 0 amide bonds. The van der Waals surface area contributed by atoms with Crippen molar-refractivity contribution in [2.75, 3.05) is 79.5 Å². The predicted molar refractivity (Wildman–Crippen MR) is 82.9 cm³/mol. The largest absolute Gasteiger partial charge is 0.382 e. The summed E-state index contributed by atoms with van der Waals surface area (Å²) in [6.45, 7) is 11.1. The number of nitrogens with zero attached hydrogens (tertiary/aromatic N) is 1. The summed E-state index contributed by atoms with van der Waals surface area (Å²) in [7, 11) is 1.67. The Morgan fingerprint density at radius 1 is 1.14 bits per heavy atom. The molecule has 1 rings (SSSR count). The van der Waals surface area contributed by atoms with Gasteiger partial charge in [0.05, 0.1) is 46.2 Å². The molecule has 0 aliphatic carbocycles. The van der Waals surface area contributed by atoms with Crippen LogP contribution in [0.2, 0.25) is 0 Å². The van der Waals surface area contributed by atoms with Crippen LogP contribution in [0.25, 0.3) is 0 Å². The summed E-state index contributed by atoms with van der Waals surface area (Å²) in [6.07, 6.45) is 1.17. The van der Waals surface area contributed by atoms with Crippen LogP contribution in [0, 0.1) is 0 Å². The number of hydrogen-bond donors (Lipinski definition) is 1. The molecule has 1 heterocycles. The van der Waals surface area contributed by atoms with Crippen molar-refractivity contribution in [1.82, 2.24) is 10.2 Å². The van der Waals surface area contributed by atoms with E-state index in [0.29, 0.717) is 32.5 Å². The highest BCUT2D eigenvalue weighted by molar-refractivity contribution is 4.77. The van der Waals surface area contributed by atoms with E-state index in [1.165, 1.54) is 6.42 Å². The van der Waals surface area contributed by atoms with E-state index in [0.717, 1.165) is 46.0 Å². The van der Waals surface area contributed by atoms with Gasteiger partial charge < -0.3 is 24.3 Å². The SMILES string of the molecule is CCCNCC1COCCN1CCOCCOCCOC. The second-order valence-electron chi connectivity index (χ2n) is 5.19. The zero-order chi connectivity index (χ0) is 15.2. The highest BCUT2D eigenvalue weighted by Gasteiger charge is 2.21. The second kappa shape index (κ2) is 13.4. The summed E-state index contributed by atoms with van der Waals surface area (Å²) in [4.78, 5) is 2.46.